The molecule has 41 heavy (non-hydrogen) atoms. The molecule has 10 heteroatoms. The number of methoxy groups -OCH3 is 1. The van der Waals surface area contributed by atoms with E-state index in [0.29, 0.717) is 45.2 Å². The van der Waals surface area contributed by atoms with Crippen LogP contribution in [0.15, 0.2) is 30.0 Å². The lowest BCUT2D eigenvalue weighted by Crippen LogP contribution is -2.46. The number of Topliss-reactive ketones (excluding diaryl/α,β-unsaturated/α-hetero) is 3. The third kappa shape index (κ3) is 9.02. The summed E-state index contributed by atoms with van der Waals surface area (Å²) >= 11 is 0. The molecular weight excluding hydrogens is 526 g/mol. The fourth-order valence-corrected chi connectivity index (χ4v) is 5.56. The van der Waals surface area contributed by atoms with Gasteiger partial charge in [-0.2, -0.15) is 0 Å². The number of hydrogen-bond acceptors (Lipinski definition) is 9. The van der Waals surface area contributed by atoms with Crippen molar-refractivity contribution in [1.29, 1.82) is 0 Å². The number of carbonyl (C=O) groups excluding carboxylic acids is 4. The molecule has 10 nitrogen and oxygen atoms in total. The molecule has 3 heterocycles. The Bertz CT molecular complexity index is 1140. The van der Waals surface area contributed by atoms with Crippen LogP contribution in [0.5, 0.6) is 5.88 Å². The van der Waals surface area contributed by atoms with Gasteiger partial charge in [-0.25, -0.2) is 4.98 Å². The summed E-state index contributed by atoms with van der Waals surface area (Å²) < 4.78 is 16.0. The fourth-order valence-electron chi connectivity index (χ4n) is 5.56. The molecule has 1 aliphatic carbocycles. The van der Waals surface area contributed by atoms with Crippen molar-refractivity contribution in [3.05, 3.63) is 35.5 Å². The number of morpholine rings is 1. The standard InChI is InChI=1S/C31H43N3O7/c1-21(14-25(35)19-34-10-12-40-13-11-34)30(38)33-26(16-23-8-9-32-28(17-23)39-3)27(36)18-24(15-22-6-4-5-7-22)29(37)31(2)20-41-31/h6,8-9,17,21,24,26H,4-5,7,10-16,18-20H2,1-3H3,(H,33,38)/t21-,24-,26+,31-/m1/s1. The Balaban J connectivity index is 1.45. The molecule has 0 saturated carbocycles. The predicted octanol–water partition coefficient (Wildman–Crippen LogP) is 2.48. The zero-order valence-corrected chi connectivity index (χ0v) is 24.5. The van der Waals surface area contributed by atoms with Crippen molar-refractivity contribution in [3.8, 4) is 5.88 Å². The third-order valence-corrected chi connectivity index (χ3v) is 8.20. The second kappa shape index (κ2) is 14.3. The minimum absolute atomic E-state index is 0.00658. The number of aromatic nitrogens is 1. The Morgan fingerprint density at radius 1 is 1.17 bits per heavy atom. The number of hydrogen-bond donors (Lipinski definition) is 1. The summed E-state index contributed by atoms with van der Waals surface area (Å²) in [5.41, 5.74) is 1.13. The Hall–Kier alpha value is -2.95. The zero-order valence-electron chi connectivity index (χ0n) is 24.5. The lowest BCUT2D eigenvalue weighted by atomic mass is 9.83. The van der Waals surface area contributed by atoms with Gasteiger partial charge in [0.25, 0.3) is 0 Å². The Kier molecular flexibility index (Phi) is 10.8. The van der Waals surface area contributed by atoms with Crippen LogP contribution in [0.3, 0.4) is 0 Å². The molecule has 4 atom stereocenters. The van der Waals surface area contributed by atoms with Crippen molar-refractivity contribution in [2.24, 2.45) is 11.8 Å². The van der Waals surface area contributed by atoms with E-state index in [-0.39, 0.29) is 49.1 Å². The largest absolute Gasteiger partial charge is 0.481 e. The summed E-state index contributed by atoms with van der Waals surface area (Å²) in [6.07, 6.45) is 7.57. The number of ether oxygens (including phenoxy) is 3. The summed E-state index contributed by atoms with van der Waals surface area (Å²) in [6, 6.07) is 2.63. The van der Waals surface area contributed by atoms with Crippen molar-refractivity contribution in [3.63, 3.8) is 0 Å². The highest BCUT2D eigenvalue weighted by Crippen LogP contribution is 2.35. The van der Waals surface area contributed by atoms with E-state index < -0.39 is 23.5 Å². The van der Waals surface area contributed by atoms with Gasteiger partial charge in [0.1, 0.15) is 11.4 Å². The molecule has 224 valence electrons. The molecule has 0 unspecified atom stereocenters. The van der Waals surface area contributed by atoms with Gasteiger partial charge >= 0.3 is 0 Å². The van der Waals surface area contributed by atoms with Crippen LogP contribution in [0.25, 0.3) is 0 Å². The second-order valence-corrected chi connectivity index (χ2v) is 11.7. The van der Waals surface area contributed by atoms with Gasteiger partial charge in [-0.1, -0.05) is 18.6 Å². The predicted molar refractivity (Wildman–Crippen MR) is 151 cm³/mol. The van der Waals surface area contributed by atoms with Crippen molar-refractivity contribution in [1.82, 2.24) is 15.2 Å². The molecule has 0 aromatic carbocycles. The third-order valence-electron chi connectivity index (χ3n) is 8.20. The van der Waals surface area contributed by atoms with E-state index in [2.05, 4.69) is 16.4 Å². The van der Waals surface area contributed by atoms with E-state index in [1.54, 1.807) is 32.2 Å². The van der Waals surface area contributed by atoms with Crippen LogP contribution in [0, 0.1) is 11.8 Å². The Morgan fingerprint density at radius 2 is 1.93 bits per heavy atom. The summed E-state index contributed by atoms with van der Waals surface area (Å²) in [5, 5.41) is 2.91. The number of rotatable bonds is 16. The lowest BCUT2D eigenvalue weighted by molar-refractivity contribution is -0.134. The summed E-state index contributed by atoms with van der Waals surface area (Å²) in [7, 11) is 1.51. The number of nitrogens with zero attached hydrogens (tertiary/aromatic N) is 2. The molecular formula is C31H43N3O7. The SMILES string of the molecule is COc1cc(C[C@H](NC(=O)[C@H](C)CC(=O)CN2CCOCC2)C(=O)C[C@@H](CC2=CCCC2)C(=O)[C@@]2(C)CO2)ccn1. The van der Waals surface area contributed by atoms with Gasteiger partial charge in [-0.3, -0.25) is 24.1 Å². The average molecular weight is 570 g/mol. The van der Waals surface area contributed by atoms with E-state index in [4.69, 9.17) is 14.2 Å². The number of amides is 1. The first-order chi connectivity index (χ1) is 19.7. The van der Waals surface area contributed by atoms with Crippen molar-refractivity contribution < 1.29 is 33.4 Å². The second-order valence-electron chi connectivity index (χ2n) is 11.7. The van der Waals surface area contributed by atoms with E-state index in [1.165, 1.54) is 12.7 Å². The Labute approximate surface area is 242 Å². The van der Waals surface area contributed by atoms with Gasteiger partial charge in [-0.05, 0) is 50.7 Å². The molecule has 4 rings (SSSR count). The molecule has 1 aromatic heterocycles. The molecule has 3 aliphatic rings. The van der Waals surface area contributed by atoms with Crippen molar-refractivity contribution in [2.45, 2.75) is 70.4 Å². The number of allylic oxidation sites excluding steroid dienone is 2. The monoisotopic (exact) mass is 569 g/mol. The van der Waals surface area contributed by atoms with Gasteiger partial charge < -0.3 is 19.5 Å². The molecule has 0 spiro atoms. The van der Waals surface area contributed by atoms with Gasteiger partial charge in [0.05, 0.1) is 39.5 Å². The van der Waals surface area contributed by atoms with Crippen LogP contribution in [0.1, 0.15) is 57.9 Å². The smallest absolute Gasteiger partial charge is 0.223 e. The van der Waals surface area contributed by atoms with Gasteiger partial charge in [0, 0.05) is 50.0 Å². The molecule has 2 saturated heterocycles. The van der Waals surface area contributed by atoms with Crippen LogP contribution in [0.2, 0.25) is 0 Å². The molecule has 1 amide bonds. The number of pyridine rings is 1. The molecule has 2 aliphatic heterocycles. The number of epoxide rings is 1. The minimum atomic E-state index is -0.868. The summed E-state index contributed by atoms with van der Waals surface area (Å²) in [5.74, 6) is -1.38. The maximum Gasteiger partial charge on any atom is 0.223 e. The van der Waals surface area contributed by atoms with Crippen LogP contribution in [0.4, 0.5) is 0 Å². The minimum Gasteiger partial charge on any atom is -0.481 e. The first kappa shape index (κ1) is 31.0. The fraction of sp³-hybridized carbons (Fsp3) is 0.645. The van der Waals surface area contributed by atoms with E-state index in [0.717, 1.165) is 24.8 Å². The highest BCUT2D eigenvalue weighted by Gasteiger charge is 2.50. The molecule has 2 fully saturated rings. The van der Waals surface area contributed by atoms with Gasteiger partial charge in [0.15, 0.2) is 11.6 Å². The van der Waals surface area contributed by atoms with Gasteiger partial charge in [-0.15, -0.1) is 0 Å². The zero-order chi connectivity index (χ0) is 29.4. The first-order valence-electron chi connectivity index (χ1n) is 14.7. The highest BCUT2D eigenvalue weighted by molar-refractivity contribution is 5.97. The number of nitrogens with one attached hydrogen (secondary N) is 1. The van der Waals surface area contributed by atoms with E-state index in [9.17, 15) is 19.2 Å². The van der Waals surface area contributed by atoms with Gasteiger partial charge in [0.2, 0.25) is 11.8 Å². The maximum atomic E-state index is 13.8. The maximum absolute atomic E-state index is 13.8. The van der Waals surface area contributed by atoms with Crippen molar-refractivity contribution >= 4 is 23.3 Å². The highest BCUT2D eigenvalue weighted by atomic mass is 16.6. The van der Waals surface area contributed by atoms with Crippen LogP contribution in [-0.4, -0.2) is 91.3 Å². The average Bonchev–Trinajstić information content (AvgIpc) is 3.50. The topological polar surface area (TPSA) is 127 Å². The van der Waals surface area contributed by atoms with E-state index >= 15 is 0 Å². The first-order valence-corrected chi connectivity index (χ1v) is 14.7. The van der Waals surface area contributed by atoms with Crippen LogP contribution in [-0.2, 0) is 35.1 Å². The normalized spacial score (nSPS) is 22.8. The van der Waals surface area contributed by atoms with Crippen LogP contribution >= 0.6 is 0 Å². The lowest BCUT2D eigenvalue weighted by Gasteiger charge is -2.26. The molecule has 0 bridgehead atoms. The summed E-state index contributed by atoms with van der Waals surface area (Å²) in [4.78, 5) is 59.3. The Morgan fingerprint density at radius 3 is 2.59 bits per heavy atom. The molecule has 1 aromatic rings. The quantitative estimate of drug-likeness (QED) is 0.236. The number of ketones is 3. The number of carbonyl (C=O) groups is 4. The van der Waals surface area contributed by atoms with Crippen molar-refractivity contribution in [2.75, 3.05) is 46.6 Å². The van der Waals surface area contributed by atoms with Crippen LogP contribution < -0.4 is 10.1 Å². The molecule has 0 radical (unpaired) electrons. The van der Waals surface area contributed by atoms with E-state index in [1.807, 2.05) is 4.90 Å². The summed E-state index contributed by atoms with van der Waals surface area (Å²) in [6.45, 7) is 6.70. The molecule has 1 N–H and O–H groups in total.